The molecule has 10 nitrogen and oxygen atoms in total. The predicted octanol–water partition coefficient (Wildman–Crippen LogP) is 2.04. The highest BCUT2D eigenvalue weighted by atomic mass is 35.5. The first kappa shape index (κ1) is 14.4. The van der Waals surface area contributed by atoms with Crippen LogP contribution in [0.3, 0.4) is 0 Å². The molecule has 1 heterocycles. The Labute approximate surface area is 120 Å². The molecule has 11 heteroatoms. The second-order valence-corrected chi connectivity index (χ2v) is 4.19. The zero-order chi connectivity index (χ0) is 15.7. The molecule has 0 radical (unpaired) electrons. The molecular formula is C10H5ClN4O6. The molecule has 2 aromatic rings. The van der Waals surface area contributed by atoms with Crippen LogP contribution in [0.2, 0.25) is 5.02 Å². The second kappa shape index (κ2) is 5.17. The van der Waals surface area contributed by atoms with Gasteiger partial charge in [0.05, 0.1) is 26.1 Å². The van der Waals surface area contributed by atoms with Crippen molar-refractivity contribution in [2.45, 2.75) is 0 Å². The summed E-state index contributed by atoms with van der Waals surface area (Å²) in [5, 5.41) is 33.8. The average Bonchev–Trinajstić information content (AvgIpc) is 2.86. The Balaban J connectivity index is 2.69. The van der Waals surface area contributed by atoms with Crippen LogP contribution in [0.5, 0.6) is 0 Å². The number of non-ortho nitro benzene ring substituents is 1. The summed E-state index contributed by atoms with van der Waals surface area (Å²) in [5.41, 5.74) is -1.57. The molecule has 0 unspecified atom stereocenters. The van der Waals surface area contributed by atoms with Crippen molar-refractivity contribution in [3.05, 3.63) is 55.3 Å². The van der Waals surface area contributed by atoms with Crippen molar-refractivity contribution in [3.8, 4) is 5.69 Å². The number of aromatic carboxylic acids is 1. The van der Waals surface area contributed by atoms with Gasteiger partial charge in [0.1, 0.15) is 12.4 Å². The Hall–Kier alpha value is -3.01. The third-order valence-corrected chi connectivity index (χ3v) is 2.79. The van der Waals surface area contributed by atoms with Gasteiger partial charge in [-0.25, -0.2) is 9.48 Å². The minimum atomic E-state index is -1.48. The van der Waals surface area contributed by atoms with Crippen molar-refractivity contribution in [2.75, 3.05) is 0 Å². The van der Waals surface area contributed by atoms with Gasteiger partial charge in [0.2, 0.25) is 0 Å². The van der Waals surface area contributed by atoms with Gasteiger partial charge in [-0.15, -0.1) is 0 Å². The summed E-state index contributed by atoms with van der Waals surface area (Å²) in [6.07, 6.45) is 1.86. The van der Waals surface area contributed by atoms with Crippen LogP contribution in [-0.4, -0.2) is 30.7 Å². The van der Waals surface area contributed by atoms with E-state index in [1.54, 1.807) is 0 Å². The van der Waals surface area contributed by atoms with Crippen molar-refractivity contribution >= 4 is 28.9 Å². The van der Waals surface area contributed by atoms with Crippen LogP contribution >= 0.6 is 11.6 Å². The van der Waals surface area contributed by atoms with Crippen molar-refractivity contribution in [2.24, 2.45) is 0 Å². The predicted molar refractivity (Wildman–Crippen MR) is 68.8 cm³/mol. The van der Waals surface area contributed by atoms with E-state index in [4.69, 9.17) is 16.7 Å². The quantitative estimate of drug-likeness (QED) is 0.672. The number of carboxylic acid groups (broad SMARTS) is 1. The van der Waals surface area contributed by atoms with Crippen LogP contribution in [0.15, 0.2) is 24.5 Å². The lowest BCUT2D eigenvalue weighted by atomic mass is 10.1. The number of nitro benzene ring substituents is 1. The number of hydrogen-bond acceptors (Lipinski definition) is 6. The van der Waals surface area contributed by atoms with E-state index in [-0.39, 0.29) is 16.4 Å². The third kappa shape index (κ3) is 2.65. The maximum atomic E-state index is 11.2. The topological polar surface area (TPSA) is 141 Å². The SMILES string of the molecule is O=C(O)c1cc([N+](=O)[O-])cc(Cl)c1-n1cc([N+](=O)[O-])cn1. The Bertz CT molecular complexity index is 771. The number of carbonyl (C=O) groups is 1. The van der Waals surface area contributed by atoms with Crippen LogP contribution in [0.4, 0.5) is 11.4 Å². The summed E-state index contributed by atoms with van der Waals surface area (Å²) in [5.74, 6) is -1.48. The first-order valence-electron chi connectivity index (χ1n) is 5.22. The second-order valence-electron chi connectivity index (χ2n) is 3.79. The molecule has 0 aliphatic rings. The molecule has 1 aromatic heterocycles. The molecule has 1 aromatic carbocycles. The van der Waals surface area contributed by atoms with Crippen LogP contribution in [0.1, 0.15) is 10.4 Å². The number of rotatable bonds is 4. The number of nitrogens with zero attached hydrogens (tertiary/aromatic N) is 4. The molecule has 0 atom stereocenters. The normalized spacial score (nSPS) is 10.3. The first-order valence-corrected chi connectivity index (χ1v) is 5.59. The molecule has 108 valence electrons. The molecule has 21 heavy (non-hydrogen) atoms. The zero-order valence-electron chi connectivity index (χ0n) is 9.96. The molecule has 0 fully saturated rings. The van der Waals surface area contributed by atoms with Gasteiger partial charge in [-0.05, 0) is 0 Å². The van der Waals surface area contributed by atoms with E-state index in [9.17, 15) is 25.0 Å². The molecular weight excluding hydrogens is 308 g/mol. The highest BCUT2D eigenvalue weighted by Gasteiger charge is 2.23. The highest BCUT2D eigenvalue weighted by Crippen LogP contribution is 2.30. The van der Waals surface area contributed by atoms with E-state index in [1.165, 1.54) is 0 Å². The van der Waals surface area contributed by atoms with Gasteiger partial charge >= 0.3 is 11.7 Å². The maximum absolute atomic E-state index is 11.2. The standard InChI is InChI=1S/C10H5ClN4O6/c11-8-2-5(14(18)19)1-7(10(16)17)9(8)13-4-6(3-12-13)15(20)21/h1-4H,(H,16,17). The molecule has 0 saturated heterocycles. The molecule has 0 spiro atoms. The molecule has 0 aliphatic heterocycles. The van der Waals surface area contributed by atoms with Crippen molar-refractivity contribution < 1.29 is 19.7 Å². The number of carboxylic acids is 1. The summed E-state index contributed by atoms with van der Waals surface area (Å²) >= 11 is 5.85. The molecule has 0 bridgehead atoms. The van der Waals surface area contributed by atoms with Crippen LogP contribution in [-0.2, 0) is 0 Å². The minimum Gasteiger partial charge on any atom is -0.478 e. The Morgan fingerprint density at radius 2 is 1.86 bits per heavy atom. The molecule has 0 aliphatic carbocycles. The van der Waals surface area contributed by atoms with Gasteiger partial charge in [0.15, 0.2) is 0 Å². The fourth-order valence-electron chi connectivity index (χ4n) is 1.62. The van der Waals surface area contributed by atoms with Crippen LogP contribution in [0, 0.1) is 20.2 Å². The van der Waals surface area contributed by atoms with Gasteiger partial charge in [-0.2, -0.15) is 5.10 Å². The number of benzene rings is 1. The molecule has 2 rings (SSSR count). The largest absolute Gasteiger partial charge is 0.478 e. The Kier molecular flexibility index (Phi) is 3.54. The lowest BCUT2D eigenvalue weighted by Crippen LogP contribution is -2.08. The van der Waals surface area contributed by atoms with E-state index in [0.29, 0.717) is 0 Å². The maximum Gasteiger partial charge on any atom is 0.338 e. The lowest BCUT2D eigenvalue weighted by molar-refractivity contribution is -0.385. The Morgan fingerprint density at radius 1 is 1.24 bits per heavy atom. The van der Waals surface area contributed by atoms with E-state index in [1.807, 2.05) is 0 Å². The van der Waals surface area contributed by atoms with Crippen LogP contribution in [0.25, 0.3) is 5.69 Å². The Morgan fingerprint density at radius 3 is 2.33 bits per heavy atom. The van der Waals surface area contributed by atoms with E-state index >= 15 is 0 Å². The zero-order valence-corrected chi connectivity index (χ0v) is 10.7. The average molecular weight is 313 g/mol. The minimum absolute atomic E-state index is 0.192. The highest BCUT2D eigenvalue weighted by molar-refractivity contribution is 6.33. The summed E-state index contributed by atoms with van der Waals surface area (Å²) in [6.45, 7) is 0. The van der Waals surface area contributed by atoms with E-state index in [2.05, 4.69) is 5.10 Å². The van der Waals surface area contributed by atoms with E-state index < -0.39 is 27.1 Å². The van der Waals surface area contributed by atoms with Gasteiger partial charge < -0.3 is 5.11 Å². The number of halogens is 1. The van der Waals surface area contributed by atoms with Crippen molar-refractivity contribution in [1.82, 2.24) is 9.78 Å². The molecule has 0 amide bonds. The van der Waals surface area contributed by atoms with Gasteiger partial charge in [-0.1, -0.05) is 11.6 Å². The summed E-state index contributed by atoms with van der Waals surface area (Å²) in [4.78, 5) is 31.0. The van der Waals surface area contributed by atoms with Crippen LogP contribution < -0.4 is 0 Å². The number of hydrogen-bond donors (Lipinski definition) is 1. The fraction of sp³-hybridized carbons (Fsp3) is 0. The molecule has 1 N–H and O–H groups in total. The first-order chi connectivity index (χ1) is 9.81. The van der Waals surface area contributed by atoms with Crippen molar-refractivity contribution in [3.63, 3.8) is 0 Å². The van der Waals surface area contributed by atoms with Crippen molar-refractivity contribution in [1.29, 1.82) is 0 Å². The fourth-order valence-corrected chi connectivity index (χ4v) is 1.92. The monoisotopic (exact) mass is 312 g/mol. The van der Waals surface area contributed by atoms with Gasteiger partial charge in [0, 0.05) is 12.1 Å². The molecule has 0 saturated carbocycles. The number of nitro groups is 2. The third-order valence-electron chi connectivity index (χ3n) is 2.50. The van der Waals surface area contributed by atoms with Gasteiger partial charge in [0.25, 0.3) is 5.69 Å². The lowest BCUT2D eigenvalue weighted by Gasteiger charge is -2.08. The summed E-state index contributed by atoms with van der Waals surface area (Å²) in [6, 6.07) is 1.74. The number of aromatic nitrogens is 2. The summed E-state index contributed by atoms with van der Waals surface area (Å²) in [7, 11) is 0. The van der Waals surface area contributed by atoms with Gasteiger partial charge in [-0.3, -0.25) is 20.2 Å². The smallest absolute Gasteiger partial charge is 0.338 e. The summed E-state index contributed by atoms with van der Waals surface area (Å²) < 4.78 is 0.883. The van der Waals surface area contributed by atoms with E-state index in [0.717, 1.165) is 29.2 Å².